The van der Waals surface area contributed by atoms with Crippen LogP contribution in [-0.2, 0) is 11.2 Å². The molecule has 2 heterocycles. The van der Waals surface area contributed by atoms with E-state index in [-0.39, 0.29) is 12.4 Å². The lowest BCUT2D eigenvalue weighted by Gasteiger charge is -2.04. The highest BCUT2D eigenvalue weighted by Crippen LogP contribution is 2.24. The zero-order chi connectivity index (χ0) is 14.8. The predicted octanol–water partition coefficient (Wildman–Crippen LogP) is 3.33. The number of aromatic amines is 1. The third kappa shape index (κ3) is 2.79. The fourth-order valence-electron chi connectivity index (χ4n) is 2.44. The van der Waals surface area contributed by atoms with Gasteiger partial charge in [-0.25, -0.2) is 0 Å². The van der Waals surface area contributed by atoms with Gasteiger partial charge < -0.3 is 9.72 Å². The van der Waals surface area contributed by atoms with Gasteiger partial charge in [-0.05, 0) is 43.7 Å². The summed E-state index contributed by atoms with van der Waals surface area (Å²) in [6.45, 7) is 4.02. The highest BCUT2D eigenvalue weighted by Gasteiger charge is 2.14. The van der Waals surface area contributed by atoms with E-state index in [4.69, 9.17) is 4.74 Å². The van der Waals surface area contributed by atoms with Crippen molar-refractivity contribution in [1.82, 2.24) is 9.97 Å². The van der Waals surface area contributed by atoms with Gasteiger partial charge in [-0.3, -0.25) is 9.78 Å². The van der Waals surface area contributed by atoms with Gasteiger partial charge >= 0.3 is 5.97 Å². The molecule has 0 aliphatic carbocycles. The lowest BCUT2D eigenvalue weighted by molar-refractivity contribution is -0.133. The van der Waals surface area contributed by atoms with Crippen molar-refractivity contribution < 1.29 is 9.53 Å². The molecule has 1 N–H and O–H groups in total. The van der Waals surface area contributed by atoms with Crippen LogP contribution in [0.15, 0.2) is 42.7 Å². The van der Waals surface area contributed by atoms with Gasteiger partial charge in [-0.1, -0.05) is 11.6 Å². The van der Waals surface area contributed by atoms with E-state index in [1.54, 1.807) is 18.3 Å². The minimum atomic E-state index is -0.284. The van der Waals surface area contributed by atoms with Crippen molar-refractivity contribution in [2.45, 2.75) is 20.3 Å². The van der Waals surface area contributed by atoms with Crippen molar-refractivity contribution in [2.24, 2.45) is 0 Å². The molecule has 0 aliphatic rings. The van der Waals surface area contributed by atoms with Crippen LogP contribution in [0.1, 0.15) is 16.8 Å². The SMILES string of the molecule is Cc1ccc2[nH]c(C)c(CC(=O)Oc3cccnc3)c2c1. The number of nitrogens with zero attached hydrogens (tertiary/aromatic N) is 1. The Morgan fingerprint density at radius 3 is 2.90 bits per heavy atom. The molecule has 0 saturated heterocycles. The van der Waals surface area contributed by atoms with Crippen molar-refractivity contribution in [3.8, 4) is 5.75 Å². The molecule has 3 aromatic rings. The number of nitrogens with one attached hydrogen (secondary N) is 1. The Morgan fingerprint density at radius 1 is 1.29 bits per heavy atom. The average molecular weight is 280 g/mol. The third-order valence-electron chi connectivity index (χ3n) is 3.46. The number of fused-ring (bicyclic) bond motifs is 1. The molecule has 1 aromatic carbocycles. The quantitative estimate of drug-likeness (QED) is 0.749. The van der Waals surface area contributed by atoms with Gasteiger partial charge in [-0.15, -0.1) is 0 Å². The van der Waals surface area contributed by atoms with E-state index in [1.165, 1.54) is 11.8 Å². The number of aryl methyl sites for hydroxylation is 2. The summed E-state index contributed by atoms with van der Waals surface area (Å²) in [5.41, 5.74) is 4.20. The van der Waals surface area contributed by atoms with Gasteiger partial charge in [0.15, 0.2) is 0 Å². The normalized spacial score (nSPS) is 10.8. The zero-order valence-corrected chi connectivity index (χ0v) is 12.0. The molecule has 0 aliphatic heterocycles. The summed E-state index contributed by atoms with van der Waals surface area (Å²) in [6.07, 6.45) is 3.41. The number of aromatic nitrogens is 2. The van der Waals surface area contributed by atoms with Gasteiger partial charge in [0.1, 0.15) is 5.75 Å². The van der Waals surface area contributed by atoms with E-state index >= 15 is 0 Å². The molecule has 21 heavy (non-hydrogen) atoms. The maximum absolute atomic E-state index is 12.1. The minimum absolute atomic E-state index is 0.240. The molecular formula is C17H16N2O2. The molecule has 0 spiro atoms. The standard InChI is InChI=1S/C17H16N2O2/c1-11-5-6-16-15(8-11)14(12(2)19-16)9-17(20)21-13-4-3-7-18-10-13/h3-8,10,19H,9H2,1-2H3. The first-order chi connectivity index (χ1) is 10.1. The highest BCUT2D eigenvalue weighted by atomic mass is 16.5. The number of pyridine rings is 1. The highest BCUT2D eigenvalue weighted by molar-refractivity contribution is 5.89. The van der Waals surface area contributed by atoms with Crippen LogP contribution < -0.4 is 4.74 Å². The fourth-order valence-corrected chi connectivity index (χ4v) is 2.44. The summed E-state index contributed by atoms with van der Waals surface area (Å²) < 4.78 is 5.31. The molecular weight excluding hydrogens is 264 g/mol. The Kier molecular flexibility index (Phi) is 3.44. The van der Waals surface area contributed by atoms with Crippen LogP contribution in [0.25, 0.3) is 10.9 Å². The number of hydrogen-bond donors (Lipinski definition) is 1. The maximum atomic E-state index is 12.1. The van der Waals surface area contributed by atoms with Crippen LogP contribution in [0.5, 0.6) is 5.75 Å². The van der Waals surface area contributed by atoms with Crippen molar-refractivity contribution >= 4 is 16.9 Å². The molecule has 3 rings (SSSR count). The Morgan fingerprint density at radius 2 is 2.14 bits per heavy atom. The molecule has 0 saturated carbocycles. The van der Waals surface area contributed by atoms with Crippen LogP contribution >= 0.6 is 0 Å². The van der Waals surface area contributed by atoms with E-state index in [9.17, 15) is 4.79 Å². The Balaban J connectivity index is 1.86. The smallest absolute Gasteiger partial charge is 0.315 e. The minimum Gasteiger partial charge on any atom is -0.425 e. The van der Waals surface area contributed by atoms with Gasteiger partial charge in [0.2, 0.25) is 0 Å². The van der Waals surface area contributed by atoms with Crippen LogP contribution in [0.3, 0.4) is 0 Å². The molecule has 0 radical (unpaired) electrons. The lowest BCUT2D eigenvalue weighted by Crippen LogP contribution is -2.11. The molecule has 0 unspecified atom stereocenters. The first kappa shape index (κ1) is 13.4. The van der Waals surface area contributed by atoms with E-state index in [0.29, 0.717) is 5.75 Å². The summed E-state index contributed by atoms with van der Waals surface area (Å²) in [4.78, 5) is 19.3. The summed E-state index contributed by atoms with van der Waals surface area (Å²) in [5, 5.41) is 1.08. The number of carbonyl (C=O) groups is 1. The number of ether oxygens (including phenoxy) is 1. The van der Waals surface area contributed by atoms with Crippen LogP contribution in [-0.4, -0.2) is 15.9 Å². The summed E-state index contributed by atoms with van der Waals surface area (Å²) in [6, 6.07) is 9.63. The van der Waals surface area contributed by atoms with E-state index < -0.39 is 0 Å². The molecule has 0 atom stereocenters. The molecule has 0 amide bonds. The second kappa shape index (κ2) is 5.40. The predicted molar refractivity (Wildman–Crippen MR) is 81.3 cm³/mol. The topological polar surface area (TPSA) is 55.0 Å². The molecule has 4 nitrogen and oxygen atoms in total. The fraction of sp³-hybridized carbons (Fsp3) is 0.176. The van der Waals surface area contributed by atoms with Crippen molar-refractivity contribution in [2.75, 3.05) is 0 Å². The van der Waals surface area contributed by atoms with Crippen LogP contribution in [0.2, 0.25) is 0 Å². The Labute approximate surface area is 122 Å². The van der Waals surface area contributed by atoms with Crippen LogP contribution in [0.4, 0.5) is 0 Å². The van der Waals surface area contributed by atoms with Gasteiger partial charge in [-0.2, -0.15) is 0 Å². The number of rotatable bonds is 3. The Bertz CT molecular complexity index is 791. The average Bonchev–Trinajstić information content (AvgIpc) is 2.76. The van der Waals surface area contributed by atoms with Gasteiger partial charge in [0.05, 0.1) is 12.6 Å². The van der Waals surface area contributed by atoms with E-state index in [1.807, 2.05) is 19.9 Å². The van der Waals surface area contributed by atoms with E-state index in [0.717, 1.165) is 22.2 Å². The van der Waals surface area contributed by atoms with Crippen molar-refractivity contribution in [3.63, 3.8) is 0 Å². The number of H-pyrrole nitrogens is 1. The lowest BCUT2D eigenvalue weighted by atomic mass is 10.1. The third-order valence-corrected chi connectivity index (χ3v) is 3.46. The second-order valence-electron chi connectivity index (χ2n) is 5.12. The maximum Gasteiger partial charge on any atom is 0.315 e. The first-order valence-corrected chi connectivity index (χ1v) is 6.82. The summed E-state index contributed by atoms with van der Waals surface area (Å²) in [7, 11) is 0. The first-order valence-electron chi connectivity index (χ1n) is 6.82. The molecule has 0 bridgehead atoms. The molecule has 106 valence electrons. The van der Waals surface area contributed by atoms with Gasteiger partial charge in [0, 0.05) is 22.8 Å². The summed E-state index contributed by atoms with van der Waals surface area (Å²) in [5.74, 6) is 0.185. The zero-order valence-electron chi connectivity index (χ0n) is 12.0. The molecule has 0 fully saturated rings. The largest absolute Gasteiger partial charge is 0.425 e. The molecule has 4 heteroatoms. The second-order valence-corrected chi connectivity index (χ2v) is 5.12. The monoisotopic (exact) mass is 280 g/mol. The number of hydrogen-bond acceptors (Lipinski definition) is 3. The van der Waals surface area contributed by atoms with Crippen molar-refractivity contribution in [1.29, 1.82) is 0 Å². The number of esters is 1. The summed E-state index contributed by atoms with van der Waals surface area (Å²) >= 11 is 0. The van der Waals surface area contributed by atoms with Crippen LogP contribution in [0, 0.1) is 13.8 Å². The Hall–Kier alpha value is -2.62. The number of benzene rings is 1. The van der Waals surface area contributed by atoms with Crippen molar-refractivity contribution in [3.05, 3.63) is 59.5 Å². The van der Waals surface area contributed by atoms with E-state index in [2.05, 4.69) is 22.1 Å². The number of carbonyl (C=O) groups excluding carboxylic acids is 1. The van der Waals surface area contributed by atoms with Gasteiger partial charge in [0.25, 0.3) is 0 Å². The molecule has 2 aromatic heterocycles.